The number of aryl methyl sites for hydroxylation is 1. The molecular weight excluding hydrogens is 170 g/mol. The molecule has 5 heteroatoms. The van der Waals surface area contributed by atoms with Gasteiger partial charge in [0.1, 0.15) is 5.75 Å². The molecule has 1 aromatic carbocycles. The Morgan fingerprint density at radius 2 is 2.31 bits per heavy atom. The van der Waals surface area contributed by atoms with Crippen molar-refractivity contribution in [3.8, 4) is 5.75 Å². The Hall–Kier alpha value is -2.00. The molecule has 5 nitrogen and oxygen atoms in total. The molecule has 0 spiro atoms. The van der Waals surface area contributed by atoms with E-state index in [0.717, 1.165) is 0 Å². The van der Waals surface area contributed by atoms with E-state index < -0.39 is 5.91 Å². The molecule has 1 rings (SSSR count). The van der Waals surface area contributed by atoms with E-state index in [1.54, 1.807) is 19.1 Å². The van der Waals surface area contributed by atoms with Crippen LogP contribution in [0.4, 0.5) is 0 Å². The second kappa shape index (κ2) is 3.60. The van der Waals surface area contributed by atoms with Crippen LogP contribution in [0, 0.1) is 6.92 Å². The van der Waals surface area contributed by atoms with Crippen LogP contribution >= 0.6 is 0 Å². The van der Waals surface area contributed by atoms with Crippen LogP contribution in [0.5, 0.6) is 5.75 Å². The summed E-state index contributed by atoms with van der Waals surface area (Å²) in [5.74, 6) is -0.913. The first-order chi connectivity index (χ1) is 6.16. The molecule has 1 amide bonds. The number of carbonyl (C=O) groups is 1. The van der Waals surface area contributed by atoms with Crippen LogP contribution in [-0.2, 0) is 0 Å². The minimum Gasteiger partial charge on any atom is -0.507 e. The number of benzene rings is 1. The summed E-state index contributed by atoms with van der Waals surface area (Å²) in [6.07, 6.45) is 0. The van der Waals surface area contributed by atoms with Crippen molar-refractivity contribution in [2.45, 2.75) is 6.92 Å². The Kier molecular flexibility index (Phi) is 2.52. The molecule has 1 aromatic rings. The molecule has 0 radical (unpaired) electrons. The largest absolute Gasteiger partial charge is 0.507 e. The van der Waals surface area contributed by atoms with Crippen LogP contribution in [-0.4, -0.2) is 11.0 Å². The third-order valence-corrected chi connectivity index (χ3v) is 1.60. The average molecular weight is 177 g/mol. The summed E-state index contributed by atoms with van der Waals surface area (Å²) < 4.78 is 0. The highest BCUT2D eigenvalue weighted by Crippen LogP contribution is 2.21. The van der Waals surface area contributed by atoms with Crippen LogP contribution in [0.2, 0.25) is 0 Å². The summed E-state index contributed by atoms with van der Waals surface area (Å²) in [6, 6.07) is 4.66. The van der Waals surface area contributed by atoms with E-state index in [1.165, 1.54) is 6.07 Å². The number of phenolic OH excluding ortho intramolecular Hbond substituents is 1. The number of rotatable bonds is 1. The molecule has 0 aromatic heterocycles. The molecule has 0 unspecified atom stereocenters. The Morgan fingerprint density at radius 3 is 2.92 bits per heavy atom. The van der Waals surface area contributed by atoms with Crippen molar-refractivity contribution in [1.29, 1.82) is 0 Å². The van der Waals surface area contributed by atoms with E-state index in [1.807, 2.05) is 0 Å². The van der Waals surface area contributed by atoms with Crippen molar-refractivity contribution in [3.05, 3.63) is 39.8 Å². The number of amides is 1. The fourth-order valence-electron chi connectivity index (χ4n) is 0.926. The highest BCUT2D eigenvalue weighted by Gasteiger charge is 2.09. The van der Waals surface area contributed by atoms with Crippen LogP contribution in [0.25, 0.3) is 10.4 Å². The maximum absolute atomic E-state index is 11.0. The quantitative estimate of drug-likeness (QED) is 0.404. The molecule has 0 bridgehead atoms. The average Bonchev–Trinajstić information content (AvgIpc) is 2.10. The first-order valence-electron chi connectivity index (χ1n) is 3.55. The van der Waals surface area contributed by atoms with E-state index in [2.05, 4.69) is 10.0 Å². The normalized spacial score (nSPS) is 9.00. The number of nitrogens with zero attached hydrogens (tertiary/aromatic N) is 3. The van der Waals surface area contributed by atoms with Crippen molar-refractivity contribution in [2.75, 3.05) is 0 Å². The Bertz CT molecular complexity index is 394. The number of hydrogen-bond donors (Lipinski definition) is 1. The third kappa shape index (κ3) is 1.77. The predicted molar refractivity (Wildman–Crippen MR) is 46.3 cm³/mol. The van der Waals surface area contributed by atoms with Gasteiger partial charge < -0.3 is 5.11 Å². The third-order valence-electron chi connectivity index (χ3n) is 1.60. The van der Waals surface area contributed by atoms with Gasteiger partial charge in [-0.05, 0) is 29.2 Å². The van der Waals surface area contributed by atoms with Gasteiger partial charge in [-0.3, -0.25) is 4.79 Å². The molecule has 13 heavy (non-hydrogen) atoms. The lowest BCUT2D eigenvalue weighted by atomic mass is 10.1. The van der Waals surface area contributed by atoms with Gasteiger partial charge >= 0.3 is 0 Å². The zero-order valence-corrected chi connectivity index (χ0v) is 6.93. The van der Waals surface area contributed by atoms with E-state index in [-0.39, 0.29) is 11.3 Å². The second-order valence-corrected chi connectivity index (χ2v) is 2.47. The maximum Gasteiger partial charge on any atom is 0.252 e. The van der Waals surface area contributed by atoms with Crippen molar-refractivity contribution < 1.29 is 9.90 Å². The number of azide groups is 1. The summed E-state index contributed by atoms with van der Waals surface area (Å²) in [5, 5.41) is 12.3. The van der Waals surface area contributed by atoms with Crippen LogP contribution in [0.1, 0.15) is 15.9 Å². The molecule has 0 aliphatic heterocycles. The van der Waals surface area contributed by atoms with Crippen molar-refractivity contribution in [3.63, 3.8) is 0 Å². The Balaban J connectivity index is 3.22. The van der Waals surface area contributed by atoms with Gasteiger partial charge in [-0.15, -0.1) is 0 Å². The highest BCUT2D eigenvalue weighted by atomic mass is 16.3. The monoisotopic (exact) mass is 177 g/mol. The summed E-state index contributed by atoms with van der Waals surface area (Å²) in [7, 11) is 0. The topological polar surface area (TPSA) is 86.1 Å². The molecule has 0 fully saturated rings. The lowest BCUT2D eigenvalue weighted by Crippen LogP contribution is -1.94. The molecule has 0 atom stereocenters. The number of phenols is 1. The minimum atomic E-state index is -0.774. The number of para-hydroxylation sites is 1. The number of aromatic hydroxyl groups is 1. The summed E-state index contributed by atoms with van der Waals surface area (Å²) in [6.45, 7) is 1.65. The molecule has 0 heterocycles. The van der Waals surface area contributed by atoms with Gasteiger partial charge in [-0.1, -0.05) is 12.1 Å². The van der Waals surface area contributed by atoms with Gasteiger partial charge in [0.2, 0.25) is 0 Å². The SMILES string of the molecule is Cc1cccc(C(=O)N=[N+]=[N-])c1O. The molecule has 0 saturated carbocycles. The molecule has 1 N–H and O–H groups in total. The second-order valence-electron chi connectivity index (χ2n) is 2.47. The van der Waals surface area contributed by atoms with Gasteiger partial charge in [0.05, 0.1) is 5.56 Å². The predicted octanol–water partition coefficient (Wildman–Crippen LogP) is 2.15. The first kappa shape index (κ1) is 9.09. The summed E-state index contributed by atoms with van der Waals surface area (Å²) >= 11 is 0. The summed E-state index contributed by atoms with van der Waals surface area (Å²) in [4.78, 5) is 13.4. The van der Waals surface area contributed by atoms with Gasteiger partial charge in [-0.25, -0.2) is 0 Å². The van der Waals surface area contributed by atoms with Gasteiger partial charge in [0.15, 0.2) is 0 Å². The smallest absolute Gasteiger partial charge is 0.252 e. The van der Waals surface area contributed by atoms with Gasteiger partial charge in [-0.2, -0.15) is 0 Å². The molecule has 0 aliphatic carbocycles. The van der Waals surface area contributed by atoms with Crippen LogP contribution in [0.3, 0.4) is 0 Å². The molecular formula is C8H7N3O2. The standard InChI is InChI=1S/C8H7N3O2/c1-5-3-2-4-6(7(5)12)8(13)10-11-9/h2-4,12H,1H3. The molecule has 66 valence electrons. The van der Waals surface area contributed by atoms with E-state index in [4.69, 9.17) is 5.53 Å². The minimum absolute atomic E-state index is 0.0257. The maximum atomic E-state index is 11.0. The summed E-state index contributed by atoms with van der Waals surface area (Å²) in [5.41, 5.74) is 8.61. The first-order valence-corrected chi connectivity index (χ1v) is 3.55. The number of carbonyl (C=O) groups excluding carboxylic acids is 1. The highest BCUT2D eigenvalue weighted by molar-refractivity contribution is 5.97. The lowest BCUT2D eigenvalue weighted by Gasteiger charge is -2.01. The molecule has 0 saturated heterocycles. The zero-order valence-electron chi connectivity index (χ0n) is 6.93. The molecule has 0 aliphatic rings. The zero-order chi connectivity index (χ0) is 9.84. The fraction of sp³-hybridized carbons (Fsp3) is 0.125. The van der Waals surface area contributed by atoms with E-state index in [0.29, 0.717) is 5.56 Å². The van der Waals surface area contributed by atoms with Gasteiger partial charge in [0, 0.05) is 4.91 Å². The van der Waals surface area contributed by atoms with Crippen molar-refractivity contribution in [1.82, 2.24) is 0 Å². The van der Waals surface area contributed by atoms with Gasteiger partial charge in [0.25, 0.3) is 5.91 Å². The van der Waals surface area contributed by atoms with Crippen molar-refractivity contribution >= 4 is 5.91 Å². The van der Waals surface area contributed by atoms with E-state index >= 15 is 0 Å². The van der Waals surface area contributed by atoms with Crippen LogP contribution < -0.4 is 0 Å². The van der Waals surface area contributed by atoms with Crippen LogP contribution in [0.15, 0.2) is 23.3 Å². The Morgan fingerprint density at radius 1 is 1.62 bits per heavy atom. The fourth-order valence-corrected chi connectivity index (χ4v) is 0.926. The number of hydrogen-bond acceptors (Lipinski definition) is 2. The van der Waals surface area contributed by atoms with Crippen molar-refractivity contribution in [2.24, 2.45) is 5.11 Å². The Labute approximate surface area is 74.3 Å². The van der Waals surface area contributed by atoms with E-state index in [9.17, 15) is 9.90 Å². The lowest BCUT2D eigenvalue weighted by molar-refractivity contribution is 0.0997.